The number of ether oxygens (including phenoxy) is 1. The molecule has 2 aromatic heterocycles. The normalized spacial score (nSPS) is 17.6. The van der Waals surface area contributed by atoms with E-state index in [0.29, 0.717) is 25.6 Å². The Labute approximate surface area is 147 Å². The number of rotatable bonds is 4. The molecule has 25 heavy (non-hydrogen) atoms. The van der Waals surface area contributed by atoms with Crippen molar-refractivity contribution in [3.05, 3.63) is 35.4 Å². The summed E-state index contributed by atoms with van der Waals surface area (Å²) in [6, 6.07) is 3.81. The van der Waals surface area contributed by atoms with E-state index in [1.807, 2.05) is 49.9 Å². The fraction of sp³-hybridized carbons (Fsp3) is 0.529. The zero-order valence-corrected chi connectivity index (χ0v) is 15.1. The van der Waals surface area contributed by atoms with Gasteiger partial charge in [0.2, 0.25) is 11.9 Å². The molecular weight excluding hydrogens is 320 g/mol. The molecule has 8 nitrogen and oxygen atoms in total. The van der Waals surface area contributed by atoms with E-state index in [2.05, 4.69) is 15.1 Å². The number of morpholine rings is 1. The molecule has 0 N–H and O–H groups in total. The fourth-order valence-electron chi connectivity index (χ4n) is 2.87. The number of hydrogen-bond donors (Lipinski definition) is 0. The van der Waals surface area contributed by atoms with Crippen LogP contribution in [0.15, 0.2) is 18.3 Å². The van der Waals surface area contributed by atoms with Crippen molar-refractivity contribution in [1.82, 2.24) is 24.6 Å². The molecule has 1 saturated heterocycles. The van der Waals surface area contributed by atoms with Crippen molar-refractivity contribution in [3.8, 4) is 0 Å². The third-order valence-electron chi connectivity index (χ3n) is 4.20. The Bertz CT molecular complexity index is 757. The minimum atomic E-state index is -0.236. The predicted molar refractivity (Wildman–Crippen MR) is 93.3 cm³/mol. The Kier molecular flexibility index (Phi) is 4.98. The number of aromatic nitrogens is 4. The molecule has 1 aliphatic heterocycles. The van der Waals surface area contributed by atoms with E-state index in [9.17, 15) is 4.79 Å². The predicted octanol–water partition coefficient (Wildman–Crippen LogP) is 0.956. The van der Waals surface area contributed by atoms with Crippen molar-refractivity contribution < 1.29 is 9.53 Å². The Hall–Kier alpha value is -2.48. The Morgan fingerprint density at radius 2 is 2.20 bits per heavy atom. The maximum atomic E-state index is 12.6. The van der Waals surface area contributed by atoms with E-state index in [4.69, 9.17) is 4.74 Å². The average Bonchev–Trinajstić information content (AvgIpc) is 2.92. The van der Waals surface area contributed by atoms with Gasteiger partial charge in [-0.1, -0.05) is 0 Å². The summed E-state index contributed by atoms with van der Waals surface area (Å²) in [5.41, 5.74) is 2.70. The van der Waals surface area contributed by atoms with Crippen LogP contribution in [0.1, 0.15) is 23.2 Å². The van der Waals surface area contributed by atoms with Crippen molar-refractivity contribution in [2.24, 2.45) is 0 Å². The molecule has 1 fully saturated rings. The summed E-state index contributed by atoms with van der Waals surface area (Å²) in [6.07, 6.45) is 1.48. The highest BCUT2D eigenvalue weighted by Gasteiger charge is 2.27. The summed E-state index contributed by atoms with van der Waals surface area (Å²) < 4.78 is 7.58. The molecule has 2 aromatic rings. The van der Waals surface area contributed by atoms with E-state index in [1.54, 1.807) is 10.9 Å². The number of nitrogens with zero attached hydrogens (tertiary/aromatic N) is 6. The average molecular weight is 344 g/mol. The van der Waals surface area contributed by atoms with E-state index in [1.165, 1.54) is 0 Å². The van der Waals surface area contributed by atoms with Crippen LogP contribution in [-0.4, -0.2) is 64.3 Å². The molecule has 0 bridgehead atoms. The van der Waals surface area contributed by atoms with Gasteiger partial charge in [0.1, 0.15) is 12.6 Å². The molecule has 1 aliphatic rings. The van der Waals surface area contributed by atoms with E-state index in [-0.39, 0.29) is 18.6 Å². The number of aryl methyl sites for hydroxylation is 2. The van der Waals surface area contributed by atoms with Crippen LogP contribution < -0.4 is 4.90 Å². The Morgan fingerprint density at radius 1 is 1.40 bits per heavy atom. The van der Waals surface area contributed by atoms with Crippen LogP contribution in [0.2, 0.25) is 0 Å². The SMILES string of the molecule is Cc1cc(C)n(CC(=O)N2CCO[C@H](c3ccnc(N(C)C)n3)C2)n1. The molecule has 8 heteroatoms. The molecule has 0 spiro atoms. The summed E-state index contributed by atoms with van der Waals surface area (Å²) in [7, 11) is 3.79. The van der Waals surface area contributed by atoms with Gasteiger partial charge >= 0.3 is 0 Å². The van der Waals surface area contributed by atoms with Crippen molar-refractivity contribution >= 4 is 11.9 Å². The first kappa shape index (κ1) is 17.3. The van der Waals surface area contributed by atoms with Gasteiger partial charge in [-0.2, -0.15) is 5.10 Å². The molecule has 1 atom stereocenters. The monoisotopic (exact) mass is 344 g/mol. The summed E-state index contributed by atoms with van der Waals surface area (Å²) in [6.45, 7) is 5.70. The third kappa shape index (κ3) is 3.96. The maximum Gasteiger partial charge on any atom is 0.244 e. The lowest BCUT2D eigenvalue weighted by Crippen LogP contribution is -2.44. The van der Waals surface area contributed by atoms with Crippen LogP contribution >= 0.6 is 0 Å². The first-order valence-electron chi connectivity index (χ1n) is 8.34. The molecule has 0 aromatic carbocycles. The topological polar surface area (TPSA) is 76.4 Å². The van der Waals surface area contributed by atoms with E-state index >= 15 is 0 Å². The highest BCUT2D eigenvalue weighted by atomic mass is 16.5. The fourth-order valence-corrected chi connectivity index (χ4v) is 2.87. The van der Waals surface area contributed by atoms with Crippen molar-refractivity contribution in [2.75, 3.05) is 38.7 Å². The van der Waals surface area contributed by atoms with Crippen molar-refractivity contribution in [2.45, 2.75) is 26.5 Å². The molecule has 0 aliphatic carbocycles. The highest BCUT2D eigenvalue weighted by Crippen LogP contribution is 2.22. The van der Waals surface area contributed by atoms with Gasteiger partial charge in [-0.25, -0.2) is 9.97 Å². The van der Waals surface area contributed by atoms with Crippen LogP contribution in [0.3, 0.4) is 0 Å². The lowest BCUT2D eigenvalue weighted by atomic mass is 10.2. The molecule has 0 unspecified atom stereocenters. The van der Waals surface area contributed by atoms with Gasteiger partial charge in [-0.15, -0.1) is 0 Å². The molecular formula is C17H24N6O2. The number of hydrogen-bond acceptors (Lipinski definition) is 6. The molecule has 3 heterocycles. The van der Waals surface area contributed by atoms with Crippen molar-refractivity contribution in [1.29, 1.82) is 0 Å². The van der Waals surface area contributed by atoms with E-state index in [0.717, 1.165) is 17.1 Å². The van der Waals surface area contributed by atoms with Gasteiger partial charge in [0.25, 0.3) is 0 Å². The minimum Gasteiger partial charge on any atom is -0.368 e. The zero-order chi connectivity index (χ0) is 18.0. The van der Waals surface area contributed by atoms with Gasteiger partial charge in [0.05, 0.1) is 24.5 Å². The van der Waals surface area contributed by atoms with Crippen LogP contribution in [0.4, 0.5) is 5.95 Å². The smallest absolute Gasteiger partial charge is 0.244 e. The van der Waals surface area contributed by atoms with Gasteiger partial charge in [0.15, 0.2) is 0 Å². The number of carbonyl (C=O) groups excluding carboxylic acids is 1. The highest BCUT2D eigenvalue weighted by molar-refractivity contribution is 5.76. The zero-order valence-electron chi connectivity index (χ0n) is 15.1. The number of amides is 1. The lowest BCUT2D eigenvalue weighted by molar-refractivity contribution is -0.140. The maximum absolute atomic E-state index is 12.6. The van der Waals surface area contributed by atoms with Gasteiger partial charge in [-0.3, -0.25) is 9.48 Å². The van der Waals surface area contributed by atoms with Crippen LogP contribution in [0, 0.1) is 13.8 Å². The quantitative estimate of drug-likeness (QED) is 0.822. The first-order chi connectivity index (χ1) is 11.9. The molecule has 3 rings (SSSR count). The summed E-state index contributed by atoms with van der Waals surface area (Å²) in [5, 5.41) is 4.37. The summed E-state index contributed by atoms with van der Waals surface area (Å²) in [4.78, 5) is 25.1. The second-order valence-electron chi connectivity index (χ2n) is 6.46. The van der Waals surface area contributed by atoms with Crippen LogP contribution in [-0.2, 0) is 16.1 Å². The largest absolute Gasteiger partial charge is 0.368 e. The van der Waals surface area contributed by atoms with Gasteiger partial charge in [0, 0.05) is 32.5 Å². The van der Waals surface area contributed by atoms with Gasteiger partial charge in [-0.05, 0) is 26.0 Å². The molecule has 0 radical (unpaired) electrons. The molecule has 0 saturated carbocycles. The lowest BCUT2D eigenvalue weighted by Gasteiger charge is -2.33. The van der Waals surface area contributed by atoms with Crippen LogP contribution in [0.5, 0.6) is 0 Å². The van der Waals surface area contributed by atoms with Gasteiger partial charge < -0.3 is 14.5 Å². The summed E-state index contributed by atoms with van der Waals surface area (Å²) >= 11 is 0. The second-order valence-corrected chi connectivity index (χ2v) is 6.46. The molecule has 134 valence electrons. The second kappa shape index (κ2) is 7.18. The Balaban J connectivity index is 1.69. The van der Waals surface area contributed by atoms with E-state index < -0.39 is 0 Å². The third-order valence-corrected chi connectivity index (χ3v) is 4.20. The minimum absolute atomic E-state index is 0.0430. The summed E-state index contributed by atoms with van der Waals surface area (Å²) in [5.74, 6) is 0.675. The molecule has 1 amide bonds. The number of carbonyl (C=O) groups is 1. The van der Waals surface area contributed by atoms with Crippen LogP contribution in [0.25, 0.3) is 0 Å². The first-order valence-corrected chi connectivity index (χ1v) is 8.34. The van der Waals surface area contributed by atoms with Crippen molar-refractivity contribution in [3.63, 3.8) is 0 Å². The standard InChI is InChI=1S/C17H24N6O2/c1-12-9-13(2)23(20-12)11-16(24)22-7-8-25-15(10-22)14-5-6-18-17(19-14)21(3)4/h5-6,9,15H,7-8,10-11H2,1-4H3/t15-/m0/s1. The number of anilines is 1. The Morgan fingerprint density at radius 3 is 2.88 bits per heavy atom.